The lowest BCUT2D eigenvalue weighted by atomic mass is 10.1. The summed E-state index contributed by atoms with van der Waals surface area (Å²) >= 11 is 0. The van der Waals surface area contributed by atoms with Crippen molar-refractivity contribution in [1.29, 1.82) is 0 Å². The topological polar surface area (TPSA) is 66.8 Å². The van der Waals surface area contributed by atoms with E-state index in [1.165, 1.54) is 0 Å². The molecular formula is C13H27NO4S. The lowest BCUT2D eigenvalue weighted by molar-refractivity contribution is 0.144. The Hall–Kier alpha value is -0.170. The predicted octanol–water partition coefficient (Wildman–Crippen LogP) is 1.37. The first-order valence-electron chi connectivity index (χ1n) is 7.22. The number of aliphatic hydroxyl groups excluding tert-OH is 1. The second-order valence-electron chi connectivity index (χ2n) is 5.21. The minimum atomic E-state index is -3.28. The normalized spacial score (nSPS) is 24.1. The molecule has 0 saturated carbocycles. The van der Waals surface area contributed by atoms with Crippen molar-refractivity contribution in [3.05, 3.63) is 0 Å². The summed E-state index contributed by atoms with van der Waals surface area (Å²) in [7, 11) is -3.28. The maximum absolute atomic E-state index is 12.4. The zero-order valence-electron chi connectivity index (χ0n) is 12.0. The Morgan fingerprint density at radius 2 is 2.11 bits per heavy atom. The van der Waals surface area contributed by atoms with Crippen molar-refractivity contribution in [3.63, 3.8) is 0 Å². The first-order valence-corrected chi connectivity index (χ1v) is 8.83. The Kier molecular flexibility index (Phi) is 7.28. The Balaban J connectivity index is 2.72. The van der Waals surface area contributed by atoms with Crippen LogP contribution in [0.3, 0.4) is 0 Å². The SMILES string of the molecule is CCOCCS(=O)(=O)N1CCCCCC1CC(C)O. The van der Waals surface area contributed by atoms with Gasteiger partial charge in [-0.1, -0.05) is 12.8 Å². The fourth-order valence-electron chi connectivity index (χ4n) is 2.57. The predicted molar refractivity (Wildman–Crippen MR) is 75.5 cm³/mol. The third-order valence-electron chi connectivity index (χ3n) is 3.48. The number of ether oxygens (including phenoxy) is 1. The first-order chi connectivity index (χ1) is 8.97. The molecule has 1 saturated heterocycles. The monoisotopic (exact) mass is 293 g/mol. The van der Waals surface area contributed by atoms with Crippen molar-refractivity contribution < 1.29 is 18.3 Å². The fraction of sp³-hybridized carbons (Fsp3) is 1.00. The molecule has 0 spiro atoms. The number of nitrogens with zero attached hydrogens (tertiary/aromatic N) is 1. The Bertz CT molecular complexity index is 343. The standard InChI is InChI=1S/C13H27NO4S/c1-3-18-9-10-19(16,17)14-8-6-4-5-7-13(14)11-12(2)15/h12-13,15H,3-11H2,1-2H3. The molecule has 0 aromatic heterocycles. The molecule has 0 amide bonds. The van der Waals surface area contributed by atoms with Gasteiger partial charge in [-0.15, -0.1) is 0 Å². The highest BCUT2D eigenvalue weighted by Gasteiger charge is 2.31. The van der Waals surface area contributed by atoms with Crippen molar-refractivity contribution >= 4 is 10.0 Å². The van der Waals surface area contributed by atoms with Crippen molar-refractivity contribution in [2.45, 2.75) is 58.1 Å². The maximum atomic E-state index is 12.4. The van der Waals surface area contributed by atoms with Gasteiger partial charge >= 0.3 is 0 Å². The molecule has 1 fully saturated rings. The molecule has 1 aliphatic heterocycles. The number of sulfonamides is 1. The van der Waals surface area contributed by atoms with Crippen LogP contribution < -0.4 is 0 Å². The second-order valence-corrected chi connectivity index (χ2v) is 7.25. The van der Waals surface area contributed by atoms with E-state index in [1.807, 2.05) is 6.92 Å². The third-order valence-corrected chi connectivity index (χ3v) is 5.36. The first kappa shape index (κ1) is 16.9. The fourth-order valence-corrected chi connectivity index (χ4v) is 4.19. The van der Waals surface area contributed by atoms with Crippen LogP contribution in [0.5, 0.6) is 0 Å². The van der Waals surface area contributed by atoms with E-state index in [4.69, 9.17) is 4.74 Å². The van der Waals surface area contributed by atoms with Gasteiger partial charge < -0.3 is 9.84 Å². The van der Waals surface area contributed by atoms with E-state index in [-0.39, 0.29) is 18.4 Å². The van der Waals surface area contributed by atoms with E-state index in [9.17, 15) is 13.5 Å². The molecule has 1 N–H and O–H groups in total. The lowest BCUT2D eigenvalue weighted by Gasteiger charge is -2.30. The third kappa shape index (κ3) is 5.77. The summed E-state index contributed by atoms with van der Waals surface area (Å²) < 4.78 is 31.5. The summed E-state index contributed by atoms with van der Waals surface area (Å²) in [6, 6.07) is -0.0610. The average molecular weight is 293 g/mol. The minimum Gasteiger partial charge on any atom is -0.393 e. The summed E-state index contributed by atoms with van der Waals surface area (Å²) in [5, 5.41) is 9.55. The number of hydrogen-bond acceptors (Lipinski definition) is 4. The molecule has 1 heterocycles. The summed E-state index contributed by atoms with van der Waals surface area (Å²) in [4.78, 5) is 0. The van der Waals surface area contributed by atoms with Crippen molar-refractivity contribution in [3.8, 4) is 0 Å². The molecule has 6 heteroatoms. The lowest BCUT2D eigenvalue weighted by Crippen LogP contribution is -2.43. The van der Waals surface area contributed by atoms with Crippen LogP contribution >= 0.6 is 0 Å². The number of hydrogen-bond donors (Lipinski definition) is 1. The molecule has 0 radical (unpaired) electrons. The molecule has 19 heavy (non-hydrogen) atoms. The van der Waals surface area contributed by atoms with Crippen LogP contribution in [-0.2, 0) is 14.8 Å². The van der Waals surface area contributed by atoms with Gasteiger partial charge in [-0.3, -0.25) is 0 Å². The smallest absolute Gasteiger partial charge is 0.216 e. The van der Waals surface area contributed by atoms with Gasteiger partial charge in [-0.05, 0) is 33.1 Å². The van der Waals surface area contributed by atoms with Gasteiger partial charge in [0.05, 0.1) is 18.5 Å². The van der Waals surface area contributed by atoms with E-state index in [2.05, 4.69) is 0 Å². The summed E-state index contributed by atoms with van der Waals surface area (Å²) in [5.41, 5.74) is 0. The van der Waals surface area contributed by atoms with E-state index in [0.717, 1.165) is 25.7 Å². The Morgan fingerprint density at radius 3 is 2.74 bits per heavy atom. The Labute approximate surface area is 117 Å². The van der Waals surface area contributed by atoms with E-state index in [0.29, 0.717) is 19.6 Å². The molecular weight excluding hydrogens is 266 g/mol. The quantitative estimate of drug-likeness (QED) is 0.720. The van der Waals surface area contributed by atoms with Crippen LogP contribution in [0.4, 0.5) is 0 Å². The number of aliphatic hydroxyl groups is 1. The molecule has 114 valence electrons. The second kappa shape index (κ2) is 8.19. The van der Waals surface area contributed by atoms with Crippen molar-refractivity contribution in [2.75, 3.05) is 25.5 Å². The van der Waals surface area contributed by atoms with Gasteiger partial charge in [0, 0.05) is 19.2 Å². The van der Waals surface area contributed by atoms with Gasteiger partial charge in [-0.25, -0.2) is 8.42 Å². The van der Waals surface area contributed by atoms with Gasteiger partial charge in [0.1, 0.15) is 0 Å². The van der Waals surface area contributed by atoms with Crippen LogP contribution in [0, 0.1) is 0 Å². The van der Waals surface area contributed by atoms with Crippen LogP contribution in [0.2, 0.25) is 0 Å². The van der Waals surface area contributed by atoms with Crippen LogP contribution in [0.1, 0.15) is 46.0 Å². The summed E-state index contributed by atoms with van der Waals surface area (Å²) in [5.74, 6) is 0.0388. The molecule has 5 nitrogen and oxygen atoms in total. The molecule has 0 aromatic carbocycles. The zero-order chi connectivity index (χ0) is 14.3. The molecule has 1 aliphatic rings. The highest BCUT2D eigenvalue weighted by atomic mass is 32.2. The summed E-state index contributed by atoms with van der Waals surface area (Å²) in [6.45, 7) is 4.93. The van der Waals surface area contributed by atoms with Crippen LogP contribution in [-0.4, -0.2) is 55.5 Å². The highest BCUT2D eigenvalue weighted by Crippen LogP contribution is 2.23. The molecule has 0 aliphatic carbocycles. The molecule has 2 atom stereocenters. The number of rotatable bonds is 7. The molecule has 2 unspecified atom stereocenters. The molecule has 0 aromatic rings. The van der Waals surface area contributed by atoms with Gasteiger partial charge in [-0.2, -0.15) is 4.31 Å². The largest absolute Gasteiger partial charge is 0.393 e. The minimum absolute atomic E-state index is 0.0388. The van der Waals surface area contributed by atoms with Crippen LogP contribution in [0.25, 0.3) is 0 Å². The molecule has 1 rings (SSSR count). The van der Waals surface area contributed by atoms with Gasteiger partial charge in [0.2, 0.25) is 10.0 Å². The van der Waals surface area contributed by atoms with Crippen molar-refractivity contribution in [2.24, 2.45) is 0 Å². The van der Waals surface area contributed by atoms with E-state index in [1.54, 1.807) is 11.2 Å². The maximum Gasteiger partial charge on any atom is 0.216 e. The van der Waals surface area contributed by atoms with Gasteiger partial charge in [0.15, 0.2) is 0 Å². The van der Waals surface area contributed by atoms with E-state index < -0.39 is 16.1 Å². The van der Waals surface area contributed by atoms with Crippen LogP contribution in [0.15, 0.2) is 0 Å². The van der Waals surface area contributed by atoms with Crippen molar-refractivity contribution in [1.82, 2.24) is 4.31 Å². The molecule has 0 bridgehead atoms. The summed E-state index contributed by atoms with van der Waals surface area (Å²) in [6.07, 6.45) is 3.91. The zero-order valence-corrected chi connectivity index (χ0v) is 12.9. The average Bonchev–Trinajstić information content (AvgIpc) is 2.54. The van der Waals surface area contributed by atoms with E-state index >= 15 is 0 Å². The van der Waals surface area contributed by atoms with Gasteiger partial charge in [0.25, 0.3) is 0 Å². The Morgan fingerprint density at radius 1 is 1.37 bits per heavy atom. The highest BCUT2D eigenvalue weighted by molar-refractivity contribution is 7.89.